The van der Waals surface area contributed by atoms with Crippen molar-refractivity contribution in [2.24, 2.45) is 5.92 Å². The number of hydrogen-bond acceptors (Lipinski definition) is 4. The van der Waals surface area contributed by atoms with Gasteiger partial charge in [-0.05, 0) is 54.7 Å². The SMILES string of the molecule is CC.CC.CC.COC(OC)C1CCN(c2ccc([C@@H]3c4ccc(C)cc4OC[C@@H]3c3ccccc3)cc2)CC1. The standard InChI is InChI=1S/C30H35NO3.3C2H6/c1-21-9-14-26-28(19-21)34-20-27(22-7-5-4-6-8-22)29(26)23-10-12-25(13-11-23)31-17-15-24(16-18-31)30(32-2)33-3;3*1-2/h4-14,19,24,27,29-30H,15-18,20H2,1-3H3;3*1-2H3/t27-,29-;;;/m1.../s1. The Kier molecular flexibility index (Phi) is 14.8. The number of methoxy groups -OCH3 is 2. The first-order chi connectivity index (χ1) is 19.7. The van der Waals surface area contributed by atoms with E-state index in [4.69, 9.17) is 14.2 Å². The average Bonchev–Trinajstić information content (AvgIpc) is 3.05. The van der Waals surface area contributed by atoms with Crippen molar-refractivity contribution in [3.8, 4) is 5.75 Å². The fourth-order valence-electron chi connectivity index (χ4n) is 5.72. The van der Waals surface area contributed by atoms with E-state index < -0.39 is 0 Å². The minimum atomic E-state index is -0.100. The highest BCUT2D eigenvalue weighted by molar-refractivity contribution is 5.53. The molecule has 0 saturated carbocycles. The van der Waals surface area contributed by atoms with Crippen LogP contribution in [0.5, 0.6) is 5.75 Å². The summed E-state index contributed by atoms with van der Waals surface area (Å²) in [6, 6.07) is 26.7. The van der Waals surface area contributed by atoms with Gasteiger partial charge in [0.25, 0.3) is 0 Å². The molecule has 2 aliphatic heterocycles. The molecule has 2 heterocycles. The summed E-state index contributed by atoms with van der Waals surface area (Å²) in [6.07, 6.45) is 2.06. The third-order valence-electron chi connectivity index (χ3n) is 7.56. The zero-order valence-corrected chi connectivity index (χ0v) is 26.4. The van der Waals surface area contributed by atoms with Gasteiger partial charge in [0, 0.05) is 56.3 Å². The van der Waals surface area contributed by atoms with Crippen LogP contribution in [0.15, 0.2) is 72.8 Å². The zero-order chi connectivity index (χ0) is 29.5. The highest BCUT2D eigenvalue weighted by atomic mass is 16.7. The molecule has 0 unspecified atom stereocenters. The van der Waals surface area contributed by atoms with Crippen molar-refractivity contribution < 1.29 is 14.2 Å². The van der Waals surface area contributed by atoms with Crippen molar-refractivity contribution in [3.05, 3.63) is 95.1 Å². The summed E-state index contributed by atoms with van der Waals surface area (Å²) in [4.78, 5) is 2.48. The third kappa shape index (κ3) is 8.11. The molecule has 0 aromatic heterocycles. The summed E-state index contributed by atoms with van der Waals surface area (Å²) in [5.41, 5.74) is 6.49. The van der Waals surface area contributed by atoms with Gasteiger partial charge in [0.2, 0.25) is 0 Å². The lowest BCUT2D eigenvalue weighted by Crippen LogP contribution is -2.39. The number of aryl methyl sites for hydroxylation is 1. The van der Waals surface area contributed by atoms with Gasteiger partial charge in [0.15, 0.2) is 6.29 Å². The summed E-state index contributed by atoms with van der Waals surface area (Å²) < 4.78 is 17.2. The average molecular weight is 548 g/mol. The molecule has 0 radical (unpaired) electrons. The van der Waals surface area contributed by atoms with E-state index in [1.807, 2.05) is 41.5 Å². The van der Waals surface area contributed by atoms with Crippen molar-refractivity contribution in [1.29, 1.82) is 0 Å². The minimum absolute atomic E-state index is 0.100. The monoisotopic (exact) mass is 547 g/mol. The van der Waals surface area contributed by atoms with Crippen LogP contribution in [0.2, 0.25) is 0 Å². The molecule has 1 saturated heterocycles. The molecule has 0 amide bonds. The molecule has 40 heavy (non-hydrogen) atoms. The summed E-state index contributed by atoms with van der Waals surface area (Å²) >= 11 is 0. The first kappa shape index (κ1) is 33.4. The van der Waals surface area contributed by atoms with Crippen molar-refractivity contribution in [3.63, 3.8) is 0 Å². The fraction of sp³-hybridized carbons (Fsp3) is 0.500. The Bertz CT molecular complexity index is 1070. The van der Waals surface area contributed by atoms with Gasteiger partial charge in [-0.2, -0.15) is 0 Å². The van der Waals surface area contributed by atoms with Crippen molar-refractivity contribution in [2.45, 2.75) is 79.4 Å². The van der Waals surface area contributed by atoms with E-state index in [0.717, 1.165) is 31.7 Å². The number of ether oxygens (including phenoxy) is 3. The quantitative estimate of drug-likeness (QED) is 0.288. The van der Waals surface area contributed by atoms with Crippen LogP contribution in [0.1, 0.15) is 88.5 Å². The van der Waals surface area contributed by atoms with Gasteiger partial charge in [-0.3, -0.25) is 0 Å². The van der Waals surface area contributed by atoms with Crippen LogP contribution in [0.3, 0.4) is 0 Å². The fourth-order valence-corrected chi connectivity index (χ4v) is 5.72. The first-order valence-electron chi connectivity index (χ1n) is 15.4. The predicted molar refractivity (Wildman–Crippen MR) is 171 cm³/mol. The molecular formula is C36H53NO3. The second-order valence-electron chi connectivity index (χ2n) is 9.60. The van der Waals surface area contributed by atoms with Crippen LogP contribution in [0.4, 0.5) is 5.69 Å². The zero-order valence-electron chi connectivity index (χ0n) is 26.4. The van der Waals surface area contributed by atoms with Crippen molar-refractivity contribution >= 4 is 5.69 Å². The molecule has 4 heteroatoms. The summed E-state index contributed by atoms with van der Waals surface area (Å²) in [6.45, 7) is 16.9. The van der Waals surface area contributed by atoms with Crippen LogP contribution in [0, 0.1) is 12.8 Å². The van der Waals surface area contributed by atoms with Gasteiger partial charge >= 0.3 is 0 Å². The maximum absolute atomic E-state index is 6.26. The van der Waals surface area contributed by atoms with Crippen LogP contribution >= 0.6 is 0 Å². The lowest BCUT2D eigenvalue weighted by Gasteiger charge is -2.37. The van der Waals surface area contributed by atoms with Gasteiger partial charge < -0.3 is 19.1 Å². The maximum Gasteiger partial charge on any atom is 0.159 e. The molecule has 2 atom stereocenters. The van der Waals surface area contributed by atoms with E-state index in [0.29, 0.717) is 12.5 Å². The molecule has 0 N–H and O–H groups in total. The number of hydrogen-bond donors (Lipinski definition) is 0. The third-order valence-corrected chi connectivity index (χ3v) is 7.56. The second-order valence-corrected chi connectivity index (χ2v) is 9.60. The van der Waals surface area contributed by atoms with E-state index in [1.165, 1.54) is 27.9 Å². The van der Waals surface area contributed by atoms with Crippen molar-refractivity contribution in [2.75, 3.05) is 38.8 Å². The number of benzene rings is 3. The molecule has 5 rings (SSSR count). The molecule has 0 spiro atoms. The molecular weight excluding hydrogens is 494 g/mol. The van der Waals surface area contributed by atoms with Gasteiger partial charge in [-0.25, -0.2) is 0 Å². The second kappa shape index (κ2) is 17.8. The Morgan fingerprint density at radius 2 is 1.35 bits per heavy atom. The lowest BCUT2D eigenvalue weighted by atomic mass is 9.75. The summed E-state index contributed by atoms with van der Waals surface area (Å²) in [7, 11) is 3.47. The van der Waals surface area contributed by atoms with E-state index in [1.54, 1.807) is 14.2 Å². The maximum atomic E-state index is 6.26. The molecule has 1 fully saturated rings. The number of anilines is 1. The Balaban J connectivity index is 0.000000876. The highest BCUT2D eigenvalue weighted by Crippen LogP contribution is 2.46. The molecule has 0 aliphatic carbocycles. The van der Waals surface area contributed by atoms with Crippen LogP contribution in [-0.4, -0.2) is 40.2 Å². The highest BCUT2D eigenvalue weighted by Gasteiger charge is 2.33. The number of fused-ring (bicyclic) bond motifs is 1. The first-order valence-corrected chi connectivity index (χ1v) is 15.4. The largest absolute Gasteiger partial charge is 0.493 e. The smallest absolute Gasteiger partial charge is 0.159 e. The Hall–Kier alpha value is -2.82. The van der Waals surface area contributed by atoms with Gasteiger partial charge in [0.05, 0.1) is 6.61 Å². The van der Waals surface area contributed by atoms with Crippen LogP contribution < -0.4 is 9.64 Å². The summed E-state index contributed by atoms with van der Waals surface area (Å²) in [5, 5.41) is 0. The molecule has 2 aliphatic rings. The number of nitrogens with zero attached hydrogens (tertiary/aromatic N) is 1. The summed E-state index contributed by atoms with van der Waals surface area (Å²) in [5.74, 6) is 2.04. The van der Waals surface area contributed by atoms with Crippen LogP contribution in [0.25, 0.3) is 0 Å². The lowest BCUT2D eigenvalue weighted by molar-refractivity contribution is -0.141. The predicted octanol–water partition coefficient (Wildman–Crippen LogP) is 9.22. The van der Waals surface area contributed by atoms with Crippen molar-refractivity contribution in [1.82, 2.24) is 0 Å². The van der Waals surface area contributed by atoms with E-state index in [-0.39, 0.29) is 18.1 Å². The molecule has 0 bridgehead atoms. The molecule has 3 aromatic rings. The topological polar surface area (TPSA) is 30.9 Å². The Morgan fingerprint density at radius 1 is 0.750 bits per heavy atom. The number of piperidine rings is 1. The normalized spacial score (nSPS) is 18.1. The van der Waals surface area contributed by atoms with Gasteiger partial charge in [0.1, 0.15) is 5.75 Å². The van der Waals surface area contributed by atoms with Gasteiger partial charge in [-0.15, -0.1) is 0 Å². The van der Waals surface area contributed by atoms with E-state index >= 15 is 0 Å². The molecule has 4 nitrogen and oxygen atoms in total. The van der Waals surface area contributed by atoms with Crippen LogP contribution in [-0.2, 0) is 9.47 Å². The molecule has 3 aromatic carbocycles. The molecule has 220 valence electrons. The van der Waals surface area contributed by atoms with E-state index in [9.17, 15) is 0 Å². The number of rotatable bonds is 6. The van der Waals surface area contributed by atoms with Gasteiger partial charge in [-0.1, -0.05) is 96.1 Å². The van der Waals surface area contributed by atoms with E-state index in [2.05, 4.69) is 84.6 Å². The minimum Gasteiger partial charge on any atom is -0.493 e. The Labute approximate surface area is 244 Å². The Morgan fingerprint density at radius 3 is 1.93 bits per heavy atom.